The maximum absolute atomic E-state index is 12.2. The van der Waals surface area contributed by atoms with Gasteiger partial charge in [-0.05, 0) is 25.8 Å². The summed E-state index contributed by atoms with van der Waals surface area (Å²) in [5.41, 5.74) is 0.860. The zero-order valence-electron chi connectivity index (χ0n) is 11.3. The van der Waals surface area contributed by atoms with Crippen molar-refractivity contribution >= 4 is 11.7 Å². The number of aromatic nitrogens is 4. The van der Waals surface area contributed by atoms with Gasteiger partial charge >= 0.3 is 0 Å². The number of aliphatic hydroxyl groups is 1. The van der Waals surface area contributed by atoms with Crippen molar-refractivity contribution in [2.24, 2.45) is 0 Å². The first kappa shape index (κ1) is 13.0. The van der Waals surface area contributed by atoms with Crippen LogP contribution in [0.3, 0.4) is 0 Å². The number of hydrogen-bond donors (Lipinski definition) is 2. The lowest BCUT2D eigenvalue weighted by Crippen LogP contribution is -2.45. The Labute approximate surface area is 116 Å². The minimum atomic E-state index is -0.482. The Kier molecular flexibility index (Phi) is 3.35. The average Bonchev–Trinajstić information content (AvgIpc) is 2.87. The van der Waals surface area contributed by atoms with Crippen LogP contribution in [-0.2, 0) is 0 Å². The fourth-order valence-corrected chi connectivity index (χ4v) is 2.52. The lowest BCUT2D eigenvalue weighted by molar-refractivity contribution is 0.0710. The molecule has 1 aliphatic carbocycles. The van der Waals surface area contributed by atoms with Crippen molar-refractivity contribution in [3.63, 3.8) is 0 Å². The second-order valence-electron chi connectivity index (χ2n) is 5.17. The number of rotatable bonds is 2. The molecule has 0 radical (unpaired) electrons. The van der Waals surface area contributed by atoms with Gasteiger partial charge in [-0.25, -0.2) is 9.50 Å². The van der Waals surface area contributed by atoms with E-state index in [1.165, 1.54) is 4.52 Å². The molecule has 0 aliphatic heterocycles. The number of nitrogens with one attached hydrogen (secondary N) is 1. The van der Waals surface area contributed by atoms with Gasteiger partial charge in [-0.2, -0.15) is 4.98 Å². The topological polar surface area (TPSA) is 92.4 Å². The second-order valence-corrected chi connectivity index (χ2v) is 5.17. The summed E-state index contributed by atoms with van der Waals surface area (Å²) in [6.45, 7) is 1.87. The summed E-state index contributed by atoms with van der Waals surface area (Å²) in [5.74, 6) is 0.129. The van der Waals surface area contributed by atoms with Gasteiger partial charge in [0, 0.05) is 11.9 Å². The summed E-state index contributed by atoms with van der Waals surface area (Å²) >= 11 is 0. The van der Waals surface area contributed by atoms with Crippen molar-refractivity contribution < 1.29 is 9.90 Å². The van der Waals surface area contributed by atoms with Crippen molar-refractivity contribution in [3.05, 3.63) is 23.8 Å². The second kappa shape index (κ2) is 5.16. The number of aliphatic hydroxyl groups excluding tert-OH is 1. The lowest BCUT2D eigenvalue weighted by atomic mass is 9.92. The van der Waals surface area contributed by atoms with Crippen LogP contribution >= 0.6 is 0 Å². The first-order valence-electron chi connectivity index (χ1n) is 6.82. The van der Waals surface area contributed by atoms with E-state index in [4.69, 9.17) is 0 Å². The van der Waals surface area contributed by atoms with Crippen molar-refractivity contribution in [2.75, 3.05) is 0 Å². The van der Waals surface area contributed by atoms with E-state index in [2.05, 4.69) is 20.4 Å². The lowest BCUT2D eigenvalue weighted by Gasteiger charge is -2.27. The summed E-state index contributed by atoms with van der Waals surface area (Å²) in [4.78, 5) is 20.3. The quantitative estimate of drug-likeness (QED) is 0.831. The van der Waals surface area contributed by atoms with Gasteiger partial charge in [0.1, 0.15) is 0 Å². The molecule has 0 saturated heterocycles. The van der Waals surface area contributed by atoms with Crippen molar-refractivity contribution in [1.82, 2.24) is 24.9 Å². The van der Waals surface area contributed by atoms with Crippen LogP contribution in [0.2, 0.25) is 0 Å². The normalized spacial score (nSPS) is 22.9. The molecule has 106 valence electrons. The summed E-state index contributed by atoms with van der Waals surface area (Å²) in [6, 6.07) is 1.59. The Morgan fingerprint density at radius 3 is 3.00 bits per heavy atom. The fourth-order valence-electron chi connectivity index (χ4n) is 2.52. The van der Waals surface area contributed by atoms with Crippen LogP contribution in [0, 0.1) is 6.92 Å². The molecule has 20 heavy (non-hydrogen) atoms. The number of nitrogens with zero attached hydrogens (tertiary/aromatic N) is 4. The van der Waals surface area contributed by atoms with Crippen LogP contribution in [0.5, 0.6) is 0 Å². The number of hydrogen-bond acceptors (Lipinski definition) is 5. The van der Waals surface area contributed by atoms with E-state index in [-0.39, 0.29) is 17.8 Å². The number of aryl methyl sites for hydroxylation is 1. The predicted molar refractivity (Wildman–Crippen MR) is 71.2 cm³/mol. The minimum Gasteiger partial charge on any atom is -0.391 e. The third kappa shape index (κ3) is 2.36. The van der Waals surface area contributed by atoms with Gasteiger partial charge in [0.2, 0.25) is 5.82 Å². The fraction of sp³-hybridized carbons (Fsp3) is 0.538. The molecule has 1 amide bonds. The SMILES string of the molecule is Cc1ccnc2nc(C(=O)N[C@H]3CCCC[C@@H]3O)nn12. The van der Waals surface area contributed by atoms with Gasteiger partial charge in [-0.1, -0.05) is 12.8 Å². The molecule has 1 saturated carbocycles. The zero-order chi connectivity index (χ0) is 14.1. The highest BCUT2D eigenvalue weighted by molar-refractivity contribution is 5.91. The van der Waals surface area contributed by atoms with Crippen LogP contribution in [0.15, 0.2) is 12.3 Å². The third-order valence-electron chi connectivity index (χ3n) is 3.68. The first-order valence-corrected chi connectivity index (χ1v) is 6.82. The van der Waals surface area contributed by atoms with E-state index in [0.29, 0.717) is 5.78 Å². The first-order chi connectivity index (χ1) is 9.65. The highest BCUT2D eigenvalue weighted by atomic mass is 16.3. The van der Waals surface area contributed by atoms with Crippen molar-refractivity contribution in [1.29, 1.82) is 0 Å². The molecule has 2 aromatic heterocycles. The molecule has 0 bridgehead atoms. The number of carbonyl (C=O) groups is 1. The van der Waals surface area contributed by atoms with Crippen molar-refractivity contribution in [2.45, 2.75) is 44.8 Å². The molecular weight excluding hydrogens is 258 g/mol. The number of fused-ring (bicyclic) bond motifs is 1. The molecule has 2 atom stereocenters. The molecule has 1 aliphatic rings. The summed E-state index contributed by atoms with van der Waals surface area (Å²) in [5, 5.41) is 16.8. The van der Waals surface area contributed by atoms with Crippen LogP contribution in [0.1, 0.15) is 42.0 Å². The van der Waals surface area contributed by atoms with Crippen molar-refractivity contribution in [3.8, 4) is 0 Å². The average molecular weight is 275 g/mol. The highest BCUT2D eigenvalue weighted by Crippen LogP contribution is 2.18. The monoisotopic (exact) mass is 275 g/mol. The van der Waals surface area contributed by atoms with Gasteiger partial charge in [0.15, 0.2) is 0 Å². The minimum absolute atomic E-state index is 0.0876. The van der Waals surface area contributed by atoms with Gasteiger partial charge in [0.05, 0.1) is 12.1 Å². The van der Waals surface area contributed by atoms with Crippen LogP contribution < -0.4 is 5.32 Å². The highest BCUT2D eigenvalue weighted by Gasteiger charge is 2.26. The van der Waals surface area contributed by atoms with Gasteiger partial charge in [0.25, 0.3) is 11.7 Å². The van der Waals surface area contributed by atoms with E-state index >= 15 is 0 Å². The Morgan fingerprint density at radius 1 is 1.45 bits per heavy atom. The largest absolute Gasteiger partial charge is 0.391 e. The molecule has 2 N–H and O–H groups in total. The molecular formula is C13H17N5O2. The number of amides is 1. The summed E-state index contributed by atoms with van der Waals surface area (Å²) < 4.78 is 1.53. The molecule has 0 spiro atoms. The summed E-state index contributed by atoms with van der Waals surface area (Å²) in [7, 11) is 0. The van der Waals surface area contributed by atoms with Gasteiger partial charge in [-0.15, -0.1) is 5.10 Å². The molecule has 7 heteroatoms. The Morgan fingerprint density at radius 2 is 2.25 bits per heavy atom. The van der Waals surface area contributed by atoms with E-state index < -0.39 is 6.10 Å². The maximum Gasteiger partial charge on any atom is 0.291 e. The number of carbonyl (C=O) groups excluding carboxylic acids is 1. The third-order valence-corrected chi connectivity index (χ3v) is 3.68. The van der Waals surface area contributed by atoms with E-state index in [9.17, 15) is 9.90 Å². The molecule has 0 aromatic carbocycles. The zero-order valence-corrected chi connectivity index (χ0v) is 11.3. The van der Waals surface area contributed by atoms with Crippen LogP contribution in [-0.4, -0.2) is 42.7 Å². The molecule has 0 unspecified atom stereocenters. The standard InChI is InChI=1S/C13H17N5O2/c1-8-6-7-14-13-16-11(17-18(8)13)12(20)15-9-4-2-3-5-10(9)19/h6-7,9-10,19H,2-5H2,1H3,(H,15,20)/t9-,10-/m0/s1. The predicted octanol–water partition coefficient (Wildman–Crippen LogP) is 0.466. The molecule has 2 heterocycles. The van der Waals surface area contributed by atoms with Crippen LogP contribution in [0.4, 0.5) is 0 Å². The Hall–Kier alpha value is -2.02. The summed E-state index contributed by atoms with van der Waals surface area (Å²) in [6.07, 6.45) is 4.68. The molecule has 1 fully saturated rings. The Bertz CT molecular complexity index is 639. The smallest absolute Gasteiger partial charge is 0.291 e. The van der Waals surface area contributed by atoms with Gasteiger partial charge in [-0.3, -0.25) is 4.79 Å². The van der Waals surface area contributed by atoms with Crippen LogP contribution in [0.25, 0.3) is 5.78 Å². The maximum atomic E-state index is 12.2. The molecule has 3 rings (SSSR count). The van der Waals surface area contributed by atoms with Gasteiger partial charge < -0.3 is 10.4 Å². The van der Waals surface area contributed by atoms with E-state index in [0.717, 1.165) is 31.4 Å². The molecule has 7 nitrogen and oxygen atoms in total. The van der Waals surface area contributed by atoms with E-state index in [1.54, 1.807) is 12.3 Å². The van der Waals surface area contributed by atoms with E-state index in [1.807, 2.05) is 6.92 Å². The Balaban J connectivity index is 1.80. The molecule has 2 aromatic rings.